The van der Waals surface area contributed by atoms with Crippen LogP contribution in [0.4, 0.5) is 0 Å². The van der Waals surface area contributed by atoms with Gasteiger partial charge < -0.3 is 5.32 Å². The fraction of sp³-hybridized carbons (Fsp3) is 0.182. The summed E-state index contributed by atoms with van der Waals surface area (Å²) in [6, 6.07) is 5.97. The average Bonchev–Trinajstić information content (AvgIpc) is 2.82. The van der Waals surface area contributed by atoms with Crippen LogP contribution < -0.4 is 10.5 Å². The highest BCUT2D eigenvalue weighted by molar-refractivity contribution is 7.89. The molecule has 3 N–H and O–H groups in total. The van der Waals surface area contributed by atoms with Crippen molar-refractivity contribution in [3.05, 3.63) is 40.7 Å². The van der Waals surface area contributed by atoms with Crippen molar-refractivity contribution in [2.24, 2.45) is 5.14 Å². The van der Waals surface area contributed by atoms with E-state index >= 15 is 0 Å². The van der Waals surface area contributed by atoms with Crippen LogP contribution in [0.2, 0.25) is 0 Å². The van der Waals surface area contributed by atoms with Crippen molar-refractivity contribution >= 4 is 27.5 Å². The fourth-order valence-corrected chi connectivity index (χ4v) is 2.55. The van der Waals surface area contributed by atoms with E-state index in [4.69, 9.17) is 5.14 Å². The molecule has 0 fully saturated rings. The molecule has 0 saturated carbocycles. The second kappa shape index (κ2) is 5.65. The Morgan fingerprint density at radius 3 is 2.50 bits per heavy atom. The quantitative estimate of drug-likeness (QED) is 0.849. The van der Waals surface area contributed by atoms with Crippen LogP contribution in [0.25, 0.3) is 0 Å². The normalized spacial score (nSPS) is 11.3. The monoisotopic (exact) mass is 312 g/mol. The van der Waals surface area contributed by atoms with E-state index in [-0.39, 0.29) is 17.3 Å². The third kappa shape index (κ3) is 3.59. The van der Waals surface area contributed by atoms with Gasteiger partial charge in [-0.2, -0.15) is 4.37 Å². The third-order valence-corrected chi connectivity index (χ3v) is 4.16. The summed E-state index contributed by atoms with van der Waals surface area (Å²) in [7, 11) is -3.70. The van der Waals surface area contributed by atoms with Crippen LogP contribution in [0, 0.1) is 6.92 Å². The smallest absolute Gasteiger partial charge is 0.282 e. The van der Waals surface area contributed by atoms with Crippen molar-refractivity contribution in [3.8, 4) is 0 Å². The predicted octanol–water partition coefficient (Wildman–Crippen LogP) is 0.424. The lowest BCUT2D eigenvalue weighted by Crippen LogP contribution is -2.22. The van der Waals surface area contributed by atoms with E-state index in [1.165, 1.54) is 12.1 Å². The number of primary sulfonamides is 1. The Kier molecular flexibility index (Phi) is 4.12. The maximum Gasteiger partial charge on any atom is 0.282 e. The number of aryl methyl sites for hydroxylation is 1. The van der Waals surface area contributed by atoms with Gasteiger partial charge in [0.25, 0.3) is 5.91 Å². The van der Waals surface area contributed by atoms with Gasteiger partial charge in [0, 0.05) is 6.54 Å². The number of rotatable bonds is 4. The number of nitrogens with two attached hydrogens (primary N) is 1. The predicted molar refractivity (Wildman–Crippen MR) is 73.6 cm³/mol. The summed E-state index contributed by atoms with van der Waals surface area (Å²) in [6.07, 6.45) is 0. The van der Waals surface area contributed by atoms with Gasteiger partial charge in [0.1, 0.15) is 5.82 Å². The first-order valence-corrected chi connectivity index (χ1v) is 7.88. The highest BCUT2D eigenvalue weighted by Gasteiger charge is 2.11. The lowest BCUT2D eigenvalue weighted by molar-refractivity contribution is 0.0950. The molecule has 1 amide bonds. The number of nitrogens with one attached hydrogen (secondary N) is 1. The van der Waals surface area contributed by atoms with Gasteiger partial charge in [0.2, 0.25) is 15.0 Å². The third-order valence-electron chi connectivity index (χ3n) is 2.43. The summed E-state index contributed by atoms with van der Waals surface area (Å²) in [5.74, 6) is 0.240. The largest absolute Gasteiger partial charge is 0.346 e. The van der Waals surface area contributed by atoms with E-state index in [0.29, 0.717) is 10.8 Å². The summed E-state index contributed by atoms with van der Waals surface area (Å²) < 4.78 is 26.1. The number of sulfonamides is 1. The minimum absolute atomic E-state index is 0.0346. The molecule has 0 aliphatic heterocycles. The molecule has 0 spiro atoms. The molecule has 106 valence electrons. The molecule has 0 atom stereocenters. The van der Waals surface area contributed by atoms with Gasteiger partial charge >= 0.3 is 0 Å². The second-order valence-electron chi connectivity index (χ2n) is 4.02. The molecule has 0 aliphatic rings. The Morgan fingerprint density at radius 2 is 2.00 bits per heavy atom. The van der Waals surface area contributed by atoms with Gasteiger partial charge in [0.15, 0.2) is 0 Å². The van der Waals surface area contributed by atoms with Gasteiger partial charge in [-0.15, -0.1) is 0 Å². The van der Waals surface area contributed by atoms with Crippen LogP contribution in [0.3, 0.4) is 0 Å². The molecule has 0 saturated heterocycles. The van der Waals surface area contributed by atoms with E-state index in [1.807, 2.05) is 0 Å². The number of carbonyl (C=O) groups is 1. The Hall–Kier alpha value is -1.84. The highest BCUT2D eigenvalue weighted by Crippen LogP contribution is 2.09. The lowest BCUT2D eigenvalue weighted by Gasteiger charge is -2.04. The number of amides is 1. The molecule has 1 aromatic heterocycles. The van der Waals surface area contributed by atoms with Gasteiger partial charge in [0.05, 0.1) is 4.90 Å². The number of benzene rings is 1. The summed E-state index contributed by atoms with van der Waals surface area (Å²) in [5.41, 5.74) is 0.756. The first-order valence-electron chi connectivity index (χ1n) is 5.56. The molecule has 0 unspecified atom stereocenters. The molecule has 0 bridgehead atoms. The Bertz CT molecular complexity index is 722. The van der Waals surface area contributed by atoms with E-state index in [0.717, 1.165) is 17.1 Å². The average molecular weight is 312 g/mol. The molecule has 7 nitrogen and oxygen atoms in total. The van der Waals surface area contributed by atoms with Crippen LogP contribution in [0.15, 0.2) is 29.2 Å². The van der Waals surface area contributed by atoms with Crippen molar-refractivity contribution in [1.29, 1.82) is 0 Å². The van der Waals surface area contributed by atoms with E-state index in [1.54, 1.807) is 19.1 Å². The van der Waals surface area contributed by atoms with Crippen LogP contribution in [-0.2, 0) is 16.6 Å². The number of carbonyl (C=O) groups excluding carboxylic acids is 1. The summed E-state index contributed by atoms with van der Waals surface area (Å²) in [4.78, 5) is 15.7. The SMILES string of the molecule is Cc1nsc(C(=O)NCc2ccc(S(N)(=O)=O)cc2)n1. The van der Waals surface area contributed by atoms with E-state index in [2.05, 4.69) is 14.7 Å². The molecule has 20 heavy (non-hydrogen) atoms. The minimum Gasteiger partial charge on any atom is -0.346 e. The van der Waals surface area contributed by atoms with Crippen molar-refractivity contribution in [1.82, 2.24) is 14.7 Å². The molecule has 1 aromatic carbocycles. The van der Waals surface area contributed by atoms with Crippen LogP contribution in [0.1, 0.15) is 21.2 Å². The van der Waals surface area contributed by atoms with Gasteiger partial charge in [-0.3, -0.25) is 4.79 Å². The first kappa shape index (κ1) is 14.6. The molecular formula is C11H12N4O3S2. The van der Waals surface area contributed by atoms with Crippen LogP contribution >= 0.6 is 11.5 Å². The Morgan fingerprint density at radius 1 is 1.35 bits per heavy atom. The molecular weight excluding hydrogens is 300 g/mol. The van der Waals surface area contributed by atoms with Crippen LogP contribution in [-0.4, -0.2) is 23.7 Å². The van der Waals surface area contributed by atoms with Gasteiger partial charge in [-0.25, -0.2) is 18.5 Å². The molecule has 9 heteroatoms. The maximum absolute atomic E-state index is 11.7. The van der Waals surface area contributed by atoms with Crippen molar-refractivity contribution in [3.63, 3.8) is 0 Å². The minimum atomic E-state index is -3.70. The maximum atomic E-state index is 11.7. The number of hydrogen-bond donors (Lipinski definition) is 2. The highest BCUT2D eigenvalue weighted by atomic mass is 32.2. The van der Waals surface area contributed by atoms with Crippen molar-refractivity contribution in [2.45, 2.75) is 18.4 Å². The van der Waals surface area contributed by atoms with Crippen molar-refractivity contribution < 1.29 is 13.2 Å². The first-order chi connectivity index (χ1) is 9.36. The molecule has 0 aliphatic carbocycles. The lowest BCUT2D eigenvalue weighted by atomic mass is 10.2. The second-order valence-corrected chi connectivity index (χ2v) is 6.33. The zero-order chi connectivity index (χ0) is 14.8. The van der Waals surface area contributed by atoms with Crippen molar-refractivity contribution in [2.75, 3.05) is 0 Å². The Balaban J connectivity index is 1.99. The molecule has 2 rings (SSSR count). The number of hydrogen-bond acceptors (Lipinski definition) is 6. The summed E-state index contributed by atoms with van der Waals surface area (Å²) >= 11 is 1.03. The zero-order valence-corrected chi connectivity index (χ0v) is 12.2. The number of aromatic nitrogens is 2. The Labute approximate surface area is 120 Å². The molecule has 0 radical (unpaired) electrons. The fourth-order valence-electron chi connectivity index (χ4n) is 1.44. The summed E-state index contributed by atoms with van der Waals surface area (Å²) in [6.45, 7) is 1.97. The van der Waals surface area contributed by atoms with Gasteiger partial charge in [-0.1, -0.05) is 12.1 Å². The zero-order valence-electron chi connectivity index (χ0n) is 10.5. The number of nitrogens with zero attached hydrogens (tertiary/aromatic N) is 2. The molecule has 1 heterocycles. The topological polar surface area (TPSA) is 115 Å². The standard InChI is InChI=1S/C11H12N4O3S2/c1-7-14-11(19-15-7)10(16)13-6-8-2-4-9(5-3-8)20(12,17)18/h2-5H,6H2,1H3,(H,13,16)(H2,12,17,18). The van der Waals surface area contributed by atoms with Gasteiger partial charge in [-0.05, 0) is 36.2 Å². The summed E-state index contributed by atoms with van der Waals surface area (Å²) in [5, 5.41) is 7.97. The van der Waals surface area contributed by atoms with Crippen LogP contribution in [0.5, 0.6) is 0 Å². The van der Waals surface area contributed by atoms with E-state index in [9.17, 15) is 13.2 Å². The van der Waals surface area contributed by atoms with E-state index < -0.39 is 10.0 Å². The molecule has 2 aromatic rings.